The van der Waals surface area contributed by atoms with Crippen LogP contribution in [0.3, 0.4) is 0 Å². The van der Waals surface area contributed by atoms with Crippen LogP contribution in [0.15, 0.2) is 6.20 Å². The molecule has 1 aliphatic carbocycles. The third-order valence-electron chi connectivity index (χ3n) is 3.50. The first-order valence-corrected chi connectivity index (χ1v) is 7.41. The Hall–Kier alpha value is -2.12. The predicted molar refractivity (Wildman–Crippen MR) is 77.6 cm³/mol. The monoisotopic (exact) mass is 310 g/mol. The van der Waals surface area contributed by atoms with E-state index in [9.17, 15) is 9.59 Å². The van der Waals surface area contributed by atoms with Crippen LogP contribution in [0.5, 0.6) is 0 Å². The van der Waals surface area contributed by atoms with Crippen molar-refractivity contribution in [3.8, 4) is 0 Å². The van der Waals surface area contributed by atoms with Crippen molar-refractivity contribution in [1.82, 2.24) is 20.3 Å². The highest BCUT2D eigenvalue weighted by Gasteiger charge is 2.30. The molecule has 1 heterocycles. The van der Waals surface area contributed by atoms with Crippen LogP contribution in [0.2, 0.25) is 0 Å². The molecule has 1 aromatic rings. The first-order chi connectivity index (χ1) is 10.3. The third kappa shape index (κ3) is 4.19. The van der Waals surface area contributed by atoms with Crippen molar-refractivity contribution in [3.63, 3.8) is 0 Å². The smallest absolute Gasteiger partial charge is 0.407 e. The van der Waals surface area contributed by atoms with Crippen LogP contribution >= 0.6 is 0 Å². The fourth-order valence-corrected chi connectivity index (χ4v) is 2.59. The van der Waals surface area contributed by atoms with Crippen molar-refractivity contribution >= 4 is 12.1 Å². The van der Waals surface area contributed by atoms with Gasteiger partial charge in [0.1, 0.15) is 5.60 Å². The van der Waals surface area contributed by atoms with Crippen molar-refractivity contribution in [1.29, 1.82) is 0 Å². The number of carbonyl (C=O) groups is 2. The summed E-state index contributed by atoms with van der Waals surface area (Å²) in [6, 6.07) is -0.256. The maximum atomic E-state index is 11.9. The number of carboxylic acids is 1. The number of aromatic nitrogens is 3. The van der Waals surface area contributed by atoms with E-state index in [0.29, 0.717) is 0 Å². The van der Waals surface area contributed by atoms with Gasteiger partial charge >= 0.3 is 12.1 Å². The fraction of sp³-hybridized carbons (Fsp3) is 0.714. The van der Waals surface area contributed by atoms with E-state index in [1.54, 1.807) is 0 Å². The Kier molecular flexibility index (Phi) is 4.68. The van der Waals surface area contributed by atoms with Gasteiger partial charge in [-0.1, -0.05) is 18.1 Å². The molecule has 0 saturated heterocycles. The Morgan fingerprint density at radius 3 is 2.64 bits per heavy atom. The molecule has 1 saturated carbocycles. The topological polar surface area (TPSA) is 106 Å². The molecule has 0 unspecified atom stereocenters. The average Bonchev–Trinajstić information content (AvgIpc) is 2.86. The number of rotatable bonds is 3. The maximum Gasteiger partial charge on any atom is 0.407 e. The molecule has 1 fully saturated rings. The number of carboxylic acid groups (broad SMARTS) is 1. The molecular formula is C14H22N4O4. The average molecular weight is 310 g/mol. The SMILES string of the molecule is CC(C)(C)OC(=O)N[C@H]1CCCC[C@H]1n1cc(C(=O)O)nn1. The summed E-state index contributed by atoms with van der Waals surface area (Å²) in [4.78, 5) is 22.9. The molecule has 1 amide bonds. The molecule has 1 aromatic heterocycles. The Bertz CT molecular complexity index is 549. The van der Waals surface area contributed by atoms with Gasteiger partial charge in [-0.2, -0.15) is 0 Å². The standard InChI is InChI=1S/C14H22N4O4/c1-14(2,3)22-13(21)15-9-6-4-5-7-11(9)18-8-10(12(19)20)16-17-18/h8-9,11H,4-7H2,1-3H3,(H,15,21)(H,19,20)/t9-,11+/m0/s1. The van der Waals surface area contributed by atoms with Gasteiger partial charge in [0.2, 0.25) is 0 Å². The number of hydrogen-bond donors (Lipinski definition) is 2. The van der Waals surface area contributed by atoms with Crippen molar-refractivity contribution < 1.29 is 19.4 Å². The number of ether oxygens (including phenoxy) is 1. The molecule has 8 nitrogen and oxygen atoms in total. The van der Waals surface area contributed by atoms with Gasteiger partial charge in [-0.15, -0.1) is 5.10 Å². The molecule has 2 rings (SSSR count). The normalized spacial score (nSPS) is 22.1. The molecule has 1 aliphatic rings. The van der Waals surface area contributed by atoms with E-state index in [-0.39, 0.29) is 17.8 Å². The summed E-state index contributed by atoms with van der Waals surface area (Å²) in [5, 5.41) is 19.3. The van der Waals surface area contributed by atoms with E-state index in [2.05, 4.69) is 15.6 Å². The number of alkyl carbamates (subject to hydrolysis) is 1. The number of nitrogens with one attached hydrogen (secondary N) is 1. The predicted octanol–water partition coefficient (Wildman–Crippen LogP) is 1.98. The third-order valence-corrected chi connectivity index (χ3v) is 3.50. The van der Waals surface area contributed by atoms with Gasteiger partial charge in [0.25, 0.3) is 0 Å². The number of nitrogens with zero attached hydrogens (tertiary/aromatic N) is 3. The van der Waals surface area contributed by atoms with Crippen molar-refractivity contribution in [2.75, 3.05) is 0 Å². The Balaban J connectivity index is 2.07. The van der Waals surface area contributed by atoms with Crippen LogP contribution in [0, 0.1) is 0 Å². The van der Waals surface area contributed by atoms with E-state index in [0.717, 1.165) is 25.7 Å². The molecule has 0 spiro atoms. The molecule has 0 radical (unpaired) electrons. The highest BCUT2D eigenvalue weighted by atomic mass is 16.6. The Morgan fingerprint density at radius 2 is 2.05 bits per heavy atom. The van der Waals surface area contributed by atoms with Gasteiger partial charge < -0.3 is 15.2 Å². The lowest BCUT2D eigenvalue weighted by atomic mass is 9.90. The maximum absolute atomic E-state index is 11.9. The molecule has 0 aromatic carbocycles. The van der Waals surface area contributed by atoms with Crippen LogP contribution in [0.1, 0.15) is 63.0 Å². The fourth-order valence-electron chi connectivity index (χ4n) is 2.59. The van der Waals surface area contributed by atoms with E-state index in [1.807, 2.05) is 20.8 Å². The molecule has 0 aliphatic heterocycles. The zero-order chi connectivity index (χ0) is 16.3. The zero-order valence-electron chi connectivity index (χ0n) is 13.1. The lowest BCUT2D eigenvalue weighted by Gasteiger charge is -2.32. The summed E-state index contributed by atoms with van der Waals surface area (Å²) in [6.07, 6.45) is 4.54. The van der Waals surface area contributed by atoms with Gasteiger partial charge in [-0.05, 0) is 33.6 Å². The summed E-state index contributed by atoms with van der Waals surface area (Å²) >= 11 is 0. The van der Waals surface area contributed by atoms with Crippen LogP contribution in [-0.2, 0) is 4.74 Å². The lowest BCUT2D eigenvalue weighted by Crippen LogP contribution is -2.45. The molecule has 0 bridgehead atoms. The summed E-state index contributed by atoms with van der Waals surface area (Å²) in [6.45, 7) is 5.42. The van der Waals surface area contributed by atoms with Gasteiger partial charge in [0.15, 0.2) is 5.69 Å². The molecule has 2 atom stereocenters. The molecule has 122 valence electrons. The van der Waals surface area contributed by atoms with E-state index in [4.69, 9.17) is 9.84 Å². The minimum absolute atomic E-state index is 0.0957. The van der Waals surface area contributed by atoms with Crippen molar-refractivity contribution in [2.45, 2.75) is 64.1 Å². The number of carbonyl (C=O) groups excluding carboxylic acids is 1. The number of hydrogen-bond acceptors (Lipinski definition) is 5. The van der Waals surface area contributed by atoms with Crippen molar-refractivity contribution in [3.05, 3.63) is 11.9 Å². The molecule has 2 N–H and O–H groups in total. The minimum Gasteiger partial charge on any atom is -0.476 e. The second-order valence-corrected chi connectivity index (χ2v) is 6.49. The van der Waals surface area contributed by atoms with Gasteiger partial charge in [-0.25, -0.2) is 14.3 Å². The van der Waals surface area contributed by atoms with Gasteiger partial charge in [0, 0.05) is 0 Å². The quantitative estimate of drug-likeness (QED) is 0.884. The van der Waals surface area contributed by atoms with Crippen LogP contribution in [0.25, 0.3) is 0 Å². The van der Waals surface area contributed by atoms with Gasteiger partial charge in [-0.3, -0.25) is 0 Å². The van der Waals surface area contributed by atoms with Crippen LogP contribution < -0.4 is 5.32 Å². The highest BCUT2D eigenvalue weighted by Crippen LogP contribution is 2.28. The van der Waals surface area contributed by atoms with Crippen LogP contribution in [0.4, 0.5) is 4.79 Å². The minimum atomic E-state index is -1.11. The lowest BCUT2D eigenvalue weighted by molar-refractivity contribution is 0.0467. The first kappa shape index (κ1) is 16.3. The largest absolute Gasteiger partial charge is 0.476 e. The van der Waals surface area contributed by atoms with Gasteiger partial charge in [0.05, 0.1) is 18.3 Å². The van der Waals surface area contributed by atoms with E-state index >= 15 is 0 Å². The molecular weight excluding hydrogens is 288 g/mol. The van der Waals surface area contributed by atoms with Crippen LogP contribution in [-0.4, -0.2) is 43.8 Å². The Labute approximate surface area is 128 Å². The van der Waals surface area contributed by atoms with E-state index < -0.39 is 17.7 Å². The summed E-state index contributed by atoms with van der Waals surface area (Å²) in [5.74, 6) is -1.11. The van der Waals surface area contributed by atoms with Crippen molar-refractivity contribution in [2.24, 2.45) is 0 Å². The highest BCUT2D eigenvalue weighted by molar-refractivity contribution is 5.84. The van der Waals surface area contributed by atoms with E-state index in [1.165, 1.54) is 10.9 Å². The second kappa shape index (κ2) is 6.33. The number of aromatic carboxylic acids is 1. The molecule has 8 heteroatoms. The Morgan fingerprint density at radius 1 is 1.36 bits per heavy atom. The molecule has 22 heavy (non-hydrogen) atoms. The zero-order valence-corrected chi connectivity index (χ0v) is 13.1. The first-order valence-electron chi connectivity index (χ1n) is 7.41. The summed E-state index contributed by atoms with van der Waals surface area (Å²) < 4.78 is 6.81. The number of amides is 1. The summed E-state index contributed by atoms with van der Waals surface area (Å²) in [7, 11) is 0. The summed E-state index contributed by atoms with van der Waals surface area (Å²) in [5.41, 5.74) is -0.653. The second-order valence-electron chi connectivity index (χ2n) is 6.49.